The maximum absolute atomic E-state index is 13.1. The molecule has 0 fully saturated rings. The van der Waals surface area contributed by atoms with E-state index in [1.807, 2.05) is 13.8 Å². The molecule has 1 aromatic heterocycles. The van der Waals surface area contributed by atoms with Gasteiger partial charge in [0.15, 0.2) is 5.75 Å². The van der Waals surface area contributed by atoms with Gasteiger partial charge in [-0.05, 0) is 32.0 Å². The van der Waals surface area contributed by atoms with Gasteiger partial charge in [0.2, 0.25) is 0 Å². The van der Waals surface area contributed by atoms with Gasteiger partial charge in [-0.1, -0.05) is 0 Å². The SMILES string of the molecule is CC(C)n1cc(Oc2ccc(F)cc2C(=N)N)cn1. The number of benzene rings is 1. The van der Waals surface area contributed by atoms with Crippen molar-refractivity contribution in [1.82, 2.24) is 9.78 Å². The largest absolute Gasteiger partial charge is 0.453 e. The van der Waals surface area contributed by atoms with E-state index in [2.05, 4.69) is 5.10 Å². The molecule has 5 nitrogen and oxygen atoms in total. The Morgan fingerprint density at radius 2 is 2.21 bits per heavy atom. The number of halogens is 1. The van der Waals surface area contributed by atoms with Gasteiger partial charge in [0.1, 0.15) is 17.4 Å². The molecule has 0 spiro atoms. The Morgan fingerprint density at radius 1 is 1.47 bits per heavy atom. The van der Waals surface area contributed by atoms with Crippen LogP contribution in [0.15, 0.2) is 30.6 Å². The molecule has 0 saturated carbocycles. The first kappa shape index (κ1) is 13.1. The number of amidine groups is 1. The van der Waals surface area contributed by atoms with Crippen LogP contribution < -0.4 is 10.5 Å². The molecule has 0 aliphatic heterocycles. The summed E-state index contributed by atoms with van der Waals surface area (Å²) in [5, 5.41) is 11.6. The van der Waals surface area contributed by atoms with Gasteiger partial charge < -0.3 is 10.5 Å². The van der Waals surface area contributed by atoms with Crippen molar-refractivity contribution in [3.8, 4) is 11.5 Å². The third kappa shape index (κ3) is 2.90. The average molecular weight is 262 g/mol. The maximum atomic E-state index is 13.1. The highest BCUT2D eigenvalue weighted by molar-refractivity contribution is 5.97. The highest BCUT2D eigenvalue weighted by Crippen LogP contribution is 2.26. The van der Waals surface area contributed by atoms with Gasteiger partial charge >= 0.3 is 0 Å². The van der Waals surface area contributed by atoms with Crippen molar-refractivity contribution < 1.29 is 9.13 Å². The van der Waals surface area contributed by atoms with E-state index in [1.54, 1.807) is 17.1 Å². The van der Waals surface area contributed by atoms with Crippen LogP contribution >= 0.6 is 0 Å². The minimum atomic E-state index is -0.463. The number of nitrogens with two attached hydrogens (primary N) is 1. The second kappa shape index (κ2) is 5.09. The molecule has 2 aromatic rings. The third-order valence-corrected chi connectivity index (χ3v) is 2.57. The fraction of sp³-hybridized carbons (Fsp3) is 0.231. The summed E-state index contributed by atoms with van der Waals surface area (Å²) in [4.78, 5) is 0. The number of hydrogen-bond donors (Lipinski definition) is 2. The molecule has 1 heterocycles. The number of aromatic nitrogens is 2. The Hall–Kier alpha value is -2.37. The van der Waals surface area contributed by atoms with E-state index in [9.17, 15) is 4.39 Å². The van der Waals surface area contributed by atoms with Crippen LogP contribution in [0.25, 0.3) is 0 Å². The first-order valence-electron chi connectivity index (χ1n) is 5.83. The Labute approximate surface area is 110 Å². The minimum Gasteiger partial charge on any atom is -0.453 e. The minimum absolute atomic E-state index is 0.220. The summed E-state index contributed by atoms with van der Waals surface area (Å²) in [5.74, 6) is 0.140. The summed E-state index contributed by atoms with van der Waals surface area (Å²) in [5.41, 5.74) is 5.63. The van der Waals surface area contributed by atoms with Crippen LogP contribution in [0.5, 0.6) is 11.5 Å². The van der Waals surface area contributed by atoms with Gasteiger partial charge in [-0.3, -0.25) is 10.1 Å². The van der Waals surface area contributed by atoms with E-state index in [-0.39, 0.29) is 17.4 Å². The van der Waals surface area contributed by atoms with Gasteiger partial charge in [-0.25, -0.2) is 4.39 Å². The number of nitrogens with one attached hydrogen (secondary N) is 1. The summed E-state index contributed by atoms with van der Waals surface area (Å²) in [6.07, 6.45) is 3.30. The Kier molecular flexibility index (Phi) is 3.50. The van der Waals surface area contributed by atoms with Crippen LogP contribution in [-0.2, 0) is 0 Å². The van der Waals surface area contributed by atoms with Gasteiger partial charge in [-0.15, -0.1) is 0 Å². The molecule has 19 heavy (non-hydrogen) atoms. The lowest BCUT2D eigenvalue weighted by atomic mass is 10.2. The van der Waals surface area contributed by atoms with Crippen LogP contribution in [-0.4, -0.2) is 15.6 Å². The van der Waals surface area contributed by atoms with Crippen molar-refractivity contribution in [2.45, 2.75) is 19.9 Å². The van der Waals surface area contributed by atoms with Crippen molar-refractivity contribution in [3.05, 3.63) is 42.0 Å². The van der Waals surface area contributed by atoms with Crippen molar-refractivity contribution in [1.29, 1.82) is 5.41 Å². The number of ether oxygens (including phenoxy) is 1. The first-order valence-corrected chi connectivity index (χ1v) is 5.83. The monoisotopic (exact) mass is 262 g/mol. The summed E-state index contributed by atoms with van der Waals surface area (Å²) in [7, 11) is 0. The smallest absolute Gasteiger partial charge is 0.165 e. The second-order valence-electron chi connectivity index (χ2n) is 4.41. The zero-order valence-corrected chi connectivity index (χ0v) is 10.7. The lowest BCUT2D eigenvalue weighted by Crippen LogP contribution is -2.12. The van der Waals surface area contributed by atoms with Crippen molar-refractivity contribution in [3.63, 3.8) is 0 Å². The van der Waals surface area contributed by atoms with Gasteiger partial charge in [-0.2, -0.15) is 5.10 Å². The lowest BCUT2D eigenvalue weighted by molar-refractivity contribution is 0.474. The maximum Gasteiger partial charge on any atom is 0.165 e. The number of nitrogen functional groups attached to an aromatic ring is 1. The quantitative estimate of drug-likeness (QED) is 0.657. The molecule has 6 heteroatoms. The van der Waals surface area contributed by atoms with Crippen molar-refractivity contribution in [2.75, 3.05) is 0 Å². The summed E-state index contributed by atoms with van der Waals surface area (Å²) < 4.78 is 20.5. The number of nitrogens with zero attached hydrogens (tertiary/aromatic N) is 2. The standard InChI is InChI=1S/C13H15FN4O/c1-8(2)18-7-10(6-17-18)19-12-4-3-9(14)5-11(12)13(15)16/h3-8H,1-2H3,(H3,15,16). The topological polar surface area (TPSA) is 76.9 Å². The van der Waals surface area contributed by atoms with Crippen molar-refractivity contribution >= 4 is 5.84 Å². The molecule has 0 bridgehead atoms. The van der Waals surface area contributed by atoms with Crippen LogP contribution in [0, 0.1) is 11.2 Å². The van der Waals surface area contributed by atoms with E-state index < -0.39 is 5.82 Å². The summed E-state index contributed by atoms with van der Waals surface area (Å²) in [6, 6.07) is 4.09. The fourth-order valence-electron chi connectivity index (χ4n) is 1.58. The molecule has 0 unspecified atom stereocenters. The molecule has 0 aliphatic carbocycles. The zero-order valence-electron chi connectivity index (χ0n) is 10.7. The molecule has 0 saturated heterocycles. The number of hydrogen-bond acceptors (Lipinski definition) is 3. The van der Waals surface area contributed by atoms with E-state index in [1.165, 1.54) is 18.2 Å². The molecule has 100 valence electrons. The second-order valence-corrected chi connectivity index (χ2v) is 4.41. The predicted octanol–water partition coefficient (Wildman–Crippen LogP) is 2.68. The molecule has 2 rings (SSSR count). The third-order valence-electron chi connectivity index (χ3n) is 2.57. The number of rotatable bonds is 4. The molecule has 0 radical (unpaired) electrons. The molecule has 0 aliphatic rings. The molecule has 1 aromatic carbocycles. The van der Waals surface area contributed by atoms with Crippen molar-refractivity contribution in [2.24, 2.45) is 5.73 Å². The van der Waals surface area contributed by atoms with Gasteiger partial charge in [0, 0.05) is 6.04 Å². The molecule has 0 atom stereocenters. The van der Waals surface area contributed by atoms with Crippen LogP contribution in [0.1, 0.15) is 25.5 Å². The Morgan fingerprint density at radius 3 is 2.79 bits per heavy atom. The summed E-state index contributed by atoms with van der Waals surface area (Å²) >= 11 is 0. The predicted molar refractivity (Wildman–Crippen MR) is 70.1 cm³/mol. The molecule has 3 N–H and O–H groups in total. The highest BCUT2D eigenvalue weighted by atomic mass is 19.1. The van der Waals surface area contributed by atoms with Crippen LogP contribution in [0.2, 0.25) is 0 Å². The zero-order chi connectivity index (χ0) is 14.0. The van der Waals surface area contributed by atoms with E-state index in [0.717, 1.165) is 0 Å². The average Bonchev–Trinajstić information content (AvgIpc) is 2.80. The first-order chi connectivity index (χ1) is 8.97. The fourth-order valence-corrected chi connectivity index (χ4v) is 1.58. The Balaban J connectivity index is 2.29. The van der Waals surface area contributed by atoms with E-state index >= 15 is 0 Å². The molecular formula is C13H15FN4O. The van der Waals surface area contributed by atoms with E-state index in [0.29, 0.717) is 11.5 Å². The lowest BCUT2D eigenvalue weighted by Gasteiger charge is -2.08. The highest BCUT2D eigenvalue weighted by Gasteiger charge is 2.11. The van der Waals surface area contributed by atoms with E-state index in [4.69, 9.17) is 15.9 Å². The molecular weight excluding hydrogens is 247 g/mol. The van der Waals surface area contributed by atoms with Crippen LogP contribution in [0.3, 0.4) is 0 Å². The summed E-state index contributed by atoms with van der Waals surface area (Å²) in [6.45, 7) is 3.99. The normalized spacial score (nSPS) is 10.7. The molecule has 0 amide bonds. The van der Waals surface area contributed by atoms with Crippen LogP contribution in [0.4, 0.5) is 4.39 Å². The van der Waals surface area contributed by atoms with Gasteiger partial charge in [0.25, 0.3) is 0 Å². The Bertz CT molecular complexity index is 606. The van der Waals surface area contributed by atoms with Gasteiger partial charge in [0.05, 0.1) is 18.0 Å².